The SMILES string of the molecule is O=C(Nc1ccc(Cl)cc1F)c1ccc(N2C(=O)c3ccccc3C2=O)cc1. The summed E-state index contributed by atoms with van der Waals surface area (Å²) in [7, 11) is 0. The van der Waals surface area contributed by atoms with Crippen molar-refractivity contribution in [1.82, 2.24) is 0 Å². The first-order valence-corrected chi connectivity index (χ1v) is 8.68. The smallest absolute Gasteiger partial charge is 0.266 e. The van der Waals surface area contributed by atoms with Crippen molar-refractivity contribution in [2.45, 2.75) is 0 Å². The van der Waals surface area contributed by atoms with Gasteiger partial charge in [0.25, 0.3) is 17.7 Å². The van der Waals surface area contributed by atoms with E-state index < -0.39 is 23.5 Å². The van der Waals surface area contributed by atoms with E-state index in [0.29, 0.717) is 16.8 Å². The van der Waals surface area contributed by atoms with E-state index in [-0.39, 0.29) is 16.3 Å². The van der Waals surface area contributed by atoms with Crippen molar-refractivity contribution in [1.29, 1.82) is 0 Å². The lowest BCUT2D eigenvalue weighted by Gasteiger charge is -2.14. The number of fused-ring (bicyclic) bond motifs is 1. The molecule has 0 bridgehead atoms. The summed E-state index contributed by atoms with van der Waals surface area (Å²) in [5.41, 5.74) is 1.27. The van der Waals surface area contributed by atoms with E-state index in [0.717, 1.165) is 11.0 Å². The molecular formula is C21H12ClFN2O3. The lowest BCUT2D eigenvalue weighted by Crippen LogP contribution is -2.29. The van der Waals surface area contributed by atoms with Gasteiger partial charge in [-0.05, 0) is 54.6 Å². The lowest BCUT2D eigenvalue weighted by atomic mass is 10.1. The quantitative estimate of drug-likeness (QED) is 0.663. The maximum absolute atomic E-state index is 13.8. The molecule has 0 atom stereocenters. The zero-order valence-corrected chi connectivity index (χ0v) is 15.0. The summed E-state index contributed by atoms with van der Waals surface area (Å²) in [6.07, 6.45) is 0. The highest BCUT2D eigenvalue weighted by molar-refractivity contribution is 6.34. The summed E-state index contributed by atoms with van der Waals surface area (Å²) in [4.78, 5) is 38.4. The van der Waals surface area contributed by atoms with Crippen molar-refractivity contribution in [2.24, 2.45) is 0 Å². The fourth-order valence-corrected chi connectivity index (χ4v) is 3.13. The fraction of sp³-hybridized carbons (Fsp3) is 0. The van der Waals surface area contributed by atoms with Gasteiger partial charge in [-0.15, -0.1) is 0 Å². The second kappa shape index (κ2) is 6.90. The highest BCUT2D eigenvalue weighted by Gasteiger charge is 2.36. The van der Waals surface area contributed by atoms with Gasteiger partial charge in [0.05, 0.1) is 22.5 Å². The molecule has 0 radical (unpaired) electrons. The number of rotatable bonds is 3. The predicted octanol–water partition coefficient (Wildman–Crippen LogP) is 4.53. The van der Waals surface area contributed by atoms with Gasteiger partial charge >= 0.3 is 0 Å². The fourth-order valence-electron chi connectivity index (χ4n) is 2.97. The van der Waals surface area contributed by atoms with E-state index in [1.165, 1.54) is 36.4 Å². The molecule has 1 aliphatic rings. The minimum atomic E-state index is -0.650. The van der Waals surface area contributed by atoms with E-state index in [1.807, 2.05) is 0 Å². The molecule has 0 aliphatic carbocycles. The number of imide groups is 1. The Morgan fingerprint density at radius 2 is 1.50 bits per heavy atom. The summed E-state index contributed by atoms with van der Waals surface area (Å²) in [5.74, 6) is -2.01. The molecule has 3 aromatic rings. The standard InChI is InChI=1S/C21H12ClFN2O3/c22-13-7-10-18(17(23)11-13)24-19(26)12-5-8-14(9-6-12)25-20(27)15-3-1-2-4-16(15)21(25)28/h1-11H,(H,24,26). The van der Waals surface area contributed by atoms with Crippen LogP contribution in [0.2, 0.25) is 5.02 Å². The minimum absolute atomic E-state index is 0.00109. The molecule has 138 valence electrons. The summed E-state index contributed by atoms with van der Waals surface area (Å²) in [6.45, 7) is 0. The van der Waals surface area contributed by atoms with Gasteiger partial charge in [0, 0.05) is 10.6 Å². The van der Waals surface area contributed by atoms with Crippen molar-refractivity contribution in [3.05, 3.63) is 94.3 Å². The van der Waals surface area contributed by atoms with Gasteiger partial charge in [0.2, 0.25) is 0 Å². The normalized spacial score (nSPS) is 12.9. The molecule has 0 saturated heterocycles. The predicted molar refractivity (Wildman–Crippen MR) is 103 cm³/mol. The molecule has 3 amide bonds. The second-order valence-corrected chi connectivity index (χ2v) is 6.55. The summed E-state index contributed by atoms with van der Waals surface area (Å²) in [6, 6.07) is 16.4. The Kier molecular flexibility index (Phi) is 4.41. The molecule has 1 aliphatic heterocycles. The molecule has 0 saturated carbocycles. The van der Waals surface area contributed by atoms with Crippen LogP contribution in [0, 0.1) is 5.82 Å². The summed E-state index contributed by atoms with van der Waals surface area (Å²) >= 11 is 5.69. The zero-order valence-electron chi connectivity index (χ0n) is 14.3. The average molecular weight is 395 g/mol. The van der Waals surface area contributed by atoms with E-state index in [9.17, 15) is 18.8 Å². The van der Waals surface area contributed by atoms with Crippen LogP contribution in [0.5, 0.6) is 0 Å². The van der Waals surface area contributed by atoms with Crippen LogP contribution in [-0.4, -0.2) is 17.7 Å². The van der Waals surface area contributed by atoms with Gasteiger partial charge in [-0.2, -0.15) is 0 Å². The Bertz CT molecular complexity index is 1090. The molecule has 28 heavy (non-hydrogen) atoms. The van der Waals surface area contributed by atoms with E-state index in [1.54, 1.807) is 24.3 Å². The first kappa shape index (κ1) is 17.9. The maximum Gasteiger partial charge on any atom is 0.266 e. The number of nitrogens with one attached hydrogen (secondary N) is 1. The Balaban J connectivity index is 1.55. The largest absolute Gasteiger partial charge is 0.319 e. The minimum Gasteiger partial charge on any atom is -0.319 e. The third-order valence-electron chi connectivity index (χ3n) is 4.36. The highest BCUT2D eigenvalue weighted by atomic mass is 35.5. The van der Waals surface area contributed by atoms with E-state index in [4.69, 9.17) is 11.6 Å². The maximum atomic E-state index is 13.8. The third-order valence-corrected chi connectivity index (χ3v) is 4.60. The first-order chi connectivity index (χ1) is 13.5. The second-order valence-electron chi connectivity index (χ2n) is 6.12. The average Bonchev–Trinajstić information content (AvgIpc) is 2.95. The van der Waals surface area contributed by atoms with Crippen LogP contribution < -0.4 is 10.2 Å². The molecule has 0 aromatic heterocycles. The highest BCUT2D eigenvalue weighted by Crippen LogP contribution is 2.28. The molecule has 3 aromatic carbocycles. The number of anilines is 2. The Morgan fingerprint density at radius 3 is 2.07 bits per heavy atom. The molecule has 0 spiro atoms. The molecule has 1 heterocycles. The molecule has 0 unspecified atom stereocenters. The molecule has 4 rings (SSSR count). The van der Waals surface area contributed by atoms with Gasteiger partial charge in [0.1, 0.15) is 5.82 Å². The van der Waals surface area contributed by atoms with E-state index in [2.05, 4.69) is 5.32 Å². The van der Waals surface area contributed by atoms with Crippen molar-refractivity contribution >= 4 is 40.7 Å². The van der Waals surface area contributed by atoms with E-state index >= 15 is 0 Å². The Labute approximate surface area is 164 Å². The summed E-state index contributed by atoms with van der Waals surface area (Å²) < 4.78 is 13.8. The van der Waals surface area contributed by atoms with Crippen LogP contribution in [-0.2, 0) is 0 Å². The van der Waals surface area contributed by atoms with Crippen LogP contribution >= 0.6 is 11.6 Å². The van der Waals surface area contributed by atoms with Crippen LogP contribution in [0.1, 0.15) is 31.1 Å². The Hall–Kier alpha value is -3.51. The van der Waals surface area contributed by atoms with Crippen molar-refractivity contribution < 1.29 is 18.8 Å². The van der Waals surface area contributed by atoms with Gasteiger partial charge in [-0.25, -0.2) is 9.29 Å². The number of amides is 3. The third kappa shape index (κ3) is 3.04. The molecular weight excluding hydrogens is 383 g/mol. The van der Waals surface area contributed by atoms with Crippen LogP contribution in [0.25, 0.3) is 0 Å². The number of nitrogens with zero attached hydrogens (tertiary/aromatic N) is 1. The van der Waals surface area contributed by atoms with Crippen LogP contribution in [0.3, 0.4) is 0 Å². The summed E-state index contributed by atoms with van der Waals surface area (Å²) in [5, 5.41) is 2.68. The van der Waals surface area contributed by atoms with Gasteiger partial charge in [-0.3, -0.25) is 14.4 Å². The lowest BCUT2D eigenvalue weighted by molar-refractivity contribution is 0.0925. The number of halogens is 2. The van der Waals surface area contributed by atoms with Gasteiger partial charge in [-0.1, -0.05) is 23.7 Å². The van der Waals surface area contributed by atoms with Gasteiger partial charge < -0.3 is 5.32 Å². The number of hydrogen-bond donors (Lipinski definition) is 1. The zero-order chi connectivity index (χ0) is 19.8. The van der Waals surface area contributed by atoms with Crippen molar-refractivity contribution in [2.75, 3.05) is 10.2 Å². The number of carbonyl (C=O) groups is 3. The van der Waals surface area contributed by atoms with Crippen molar-refractivity contribution in [3.8, 4) is 0 Å². The molecule has 0 fully saturated rings. The van der Waals surface area contributed by atoms with Crippen LogP contribution in [0.4, 0.5) is 15.8 Å². The monoisotopic (exact) mass is 394 g/mol. The molecule has 1 N–H and O–H groups in total. The Morgan fingerprint density at radius 1 is 0.893 bits per heavy atom. The van der Waals surface area contributed by atoms with Crippen molar-refractivity contribution in [3.63, 3.8) is 0 Å². The first-order valence-electron chi connectivity index (χ1n) is 8.30. The van der Waals surface area contributed by atoms with Crippen LogP contribution in [0.15, 0.2) is 66.7 Å². The number of benzene rings is 3. The number of carbonyl (C=O) groups excluding carboxylic acids is 3. The van der Waals surface area contributed by atoms with Gasteiger partial charge in [0.15, 0.2) is 0 Å². The number of hydrogen-bond acceptors (Lipinski definition) is 3. The molecule has 5 nitrogen and oxygen atoms in total. The topological polar surface area (TPSA) is 66.5 Å². The molecule has 7 heteroatoms.